The van der Waals surface area contributed by atoms with Crippen molar-refractivity contribution in [3.05, 3.63) is 27.7 Å². The molecular weight excluding hydrogens is 376 g/mol. The van der Waals surface area contributed by atoms with Crippen molar-refractivity contribution in [1.29, 1.82) is 0 Å². The molecule has 154 valence electrons. The number of rotatable bonds is 8. The van der Waals surface area contributed by atoms with Crippen molar-refractivity contribution in [3.8, 4) is 0 Å². The predicted molar refractivity (Wildman–Crippen MR) is 110 cm³/mol. The second-order valence-corrected chi connectivity index (χ2v) is 8.16. The second kappa shape index (κ2) is 10.5. The highest BCUT2D eigenvalue weighted by atomic mass is 32.1. The molecular formula is C18H30N8OS. The van der Waals surface area contributed by atoms with Gasteiger partial charge in [0.15, 0.2) is 11.8 Å². The Morgan fingerprint density at radius 1 is 1.25 bits per heavy atom. The van der Waals surface area contributed by atoms with Crippen molar-refractivity contribution >= 4 is 17.3 Å². The Morgan fingerprint density at radius 2 is 2.07 bits per heavy atom. The molecule has 3 rings (SSSR count). The molecule has 0 bridgehead atoms. The van der Waals surface area contributed by atoms with Gasteiger partial charge >= 0.3 is 0 Å². The lowest BCUT2D eigenvalue weighted by Gasteiger charge is -2.26. The molecule has 0 atom stereocenters. The van der Waals surface area contributed by atoms with Crippen LogP contribution in [0.3, 0.4) is 0 Å². The van der Waals surface area contributed by atoms with Gasteiger partial charge in [-0.25, -0.2) is 9.98 Å². The van der Waals surface area contributed by atoms with Crippen molar-refractivity contribution < 1.29 is 4.74 Å². The lowest BCUT2D eigenvalue weighted by molar-refractivity contribution is 0.0376. The lowest BCUT2D eigenvalue weighted by Crippen LogP contribution is -2.40. The molecule has 1 aliphatic heterocycles. The number of nitrogens with zero attached hydrogens (tertiary/aromatic N) is 6. The zero-order chi connectivity index (χ0) is 19.8. The van der Waals surface area contributed by atoms with Crippen molar-refractivity contribution in [3.63, 3.8) is 0 Å². The average Bonchev–Trinajstić information content (AvgIpc) is 3.27. The van der Waals surface area contributed by atoms with Gasteiger partial charge in [0.1, 0.15) is 17.4 Å². The van der Waals surface area contributed by atoms with Crippen LogP contribution in [-0.4, -0.2) is 70.0 Å². The van der Waals surface area contributed by atoms with E-state index in [0.29, 0.717) is 13.1 Å². The van der Waals surface area contributed by atoms with Crippen molar-refractivity contribution in [2.24, 2.45) is 12.0 Å². The normalized spacial score (nSPS) is 15.8. The number of nitrogens with one attached hydrogen (secondary N) is 2. The topological polar surface area (TPSA) is 92.5 Å². The van der Waals surface area contributed by atoms with E-state index in [1.54, 1.807) is 11.3 Å². The molecule has 3 heterocycles. The lowest BCUT2D eigenvalue weighted by atomic mass is 10.3. The molecule has 28 heavy (non-hydrogen) atoms. The number of hydrogen-bond acceptors (Lipinski definition) is 7. The summed E-state index contributed by atoms with van der Waals surface area (Å²) in [6, 6.07) is 0. The van der Waals surface area contributed by atoms with Gasteiger partial charge in [-0.1, -0.05) is 0 Å². The summed E-state index contributed by atoms with van der Waals surface area (Å²) in [6.07, 6.45) is 2.96. The first kappa shape index (κ1) is 20.7. The highest BCUT2D eigenvalue weighted by Crippen LogP contribution is 2.10. The Hall–Kier alpha value is -2.04. The van der Waals surface area contributed by atoms with Crippen LogP contribution in [0, 0.1) is 13.8 Å². The highest BCUT2D eigenvalue weighted by molar-refractivity contribution is 7.11. The van der Waals surface area contributed by atoms with Crippen LogP contribution in [0.4, 0.5) is 0 Å². The van der Waals surface area contributed by atoms with Gasteiger partial charge in [0, 0.05) is 37.8 Å². The van der Waals surface area contributed by atoms with Gasteiger partial charge in [0.2, 0.25) is 0 Å². The van der Waals surface area contributed by atoms with E-state index < -0.39 is 0 Å². The summed E-state index contributed by atoms with van der Waals surface area (Å²) in [5.74, 6) is 2.50. The maximum Gasteiger partial charge on any atom is 0.192 e. The monoisotopic (exact) mass is 406 g/mol. The maximum atomic E-state index is 5.40. The third-order valence-electron chi connectivity index (χ3n) is 4.68. The fraction of sp³-hybridized carbons (Fsp3) is 0.667. The zero-order valence-corrected chi connectivity index (χ0v) is 17.8. The first-order chi connectivity index (χ1) is 13.6. The standard InChI is InChI=1S/C18H30N8OS/c1-14-11-20-17(28-14)13-22-18(21-12-16-24-23-15(2)25(16)3)19-5-4-6-26-7-9-27-10-8-26/h11H,4-10,12-13H2,1-3H3,(H2,19,21,22). The van der Waals surface area contributed by atoms with E-state index in [9.17, 15) is 0 Å². The van der Waals surface area contributed by atoms with Gasteiger partial charge in [0.25, 0.3) is 0 Å². The summed E-state index contributed by atoms with van der Waals surface area (Å²) in [4.78, 5) is 12.8. The van der Waals surface area contributed by atoms with E-state index in [-0.39, 0.29) is 0 Å². The molecule has 0 unspecified atom stereocenters. The highest BCUT2D eigenvalue weighted by Gasteiger charge is 2.10. The molecule has 9 nitrogen and oxygen atoms in total. The van der Waals surface area contributed by atoms with Crippen LogP contribution in [0.15, 0.2) is 11.2 Å². The molecule has 1 fully saturated rings. The van der Waals surface area contributed by atoms with Gasteiger partial charge in [-0.2, -0.15) is 0 Å². The van der Waals surface area contributed by atoms with E-state index >= 15 is 0 Å². The third-order valence-corrected chi connectivity index (χ3v) is 5.60. The number of guanidine groups is 1. The van der Waals surface area contributed by atoms with Crippen LogP contribution in [0.25, 0.3) is 0 Å². The largest absolute Gasteiger partial charge is 0.379 e. The smallest absolute Gasteiger partial charge is 0.192 e. The van der Waals surface area contributed by atoms with E-state index in [4.69, 9.17) is 4.74 Å². The second-order valence-electron chi connectivity index (χ2n) is 6.84. The van der Waals surface area contributed by atoms with Crippen LogP contribution >= 0.6 is 11.3 Å². The Kier molecular flexibility index (Phi) is 7.75. The molecule has 2 N–H and O–H groups in total. The fourth-order valence-corrected chi connectivity index (χ4v) is 3.62. The quantitative estimate of drug-likeness (QED) is 0.381. The minimum atomic E-state index is 0.479. The molecule has 2 aromatic heterocycles. The molecule has 0 radical (unpaired) electrons. The van der Waals surface area contributed by atoms with Crippen LogP contribution in [0.1, 0.15) is 28.0 Å². The molecule has 1 saturated heterocycles. The molecule has 0 amide bonds. The van der Waals surface area contributed by atoms with E-state index in [1.165, 1.54) is 4.88 Å². The maximum absolute atomic E-state index is 5.40. The molecule has 10 heteroatoms. The Bertz CT molecular complexity index is 765. The van der Waals surface area contributed by atoms with Crippen molar-refractivity contribution in [1.82, 2.24) is 35.3 Å². The predicted octanol–water partition coefficient (Wildman–Crippen LogP) is 0.846. The van der Waals surface area contributed by atoms with Gasteiger partial charge in [0.05, 0.1) is 19.8 Å². The van der Waals surface area contributed by atoms with Crippen molar-refractivity contribution in [2.75, 3.05) is 39.4 Å². The first-order valence-electron chi connectivity index (χ1n) is 9.70. The number of aromatic nitrogens is 4. The minimum Gasteiger partial charge on any atom is -0.379 e. The Balaban J connectivity index is 1.51. The number of aryl methyl sites for hydroxylation is 2. The number of hydrogen-bond donors (Lipinski definition) is 2. The van der Waals surface area contributed by atoms with Gasteiger partial charge < -0.3 is 19.9 Å². The summed E-state index contributed by atoms with van der Waals surface area (Å²) in [6.45, 7) is 10.8. The van der Waals surface area contributed by atoms with E-state index in [0.717, 1.165) is 68.4 Å². The third kappa shape index (κ3) is 6.25. The summed E-state index contributed by atoms with van der Waals surface area (Å²) in [5, 5.41) is 16.1. The Labute approximate surface area is 170 Å². The van der Waals surface area contributed by atoms with Crippen molar-refractivity contribution in [2.45, 2.75) is 33.4 Å². The molecule has 0 spiro atoms. The number of ether oxygens (including phenoxy) is 1. The van der Waals surface area contributed by atoms with Gasteiger partial charge in [-0.3, -0.25) is 4.90 Å². The number of morpholine rings is 1. The van der Waals surface area contributed by atoms with Crippen LogP contribution in [0.5, 0.6) is 0 Å². The molecule has 2 aromatic rings. The van der Waals surface area contributed by atoms with Gasteiger partial charge in [-0.15, -0.1) is 21.5 Å². The number of thiazole rings is 1. The SMILES string of the molecule is Cc1cnc(CNC(=NCc2nnc(C)n2C)NCCCN2CCOCC2)s1. The van der Waals surface area contributed by atoms with Crippen LogP contribution in [0.2, 0.25) is 0 Å². The molecule has 0 saturated carbocycles. The fourth-order valence-electron chi connectivity index (χ4n) is 2.89. The van der Waals surface area contributed by atoms with Crippen LogP contribution in [-0.2, 0) is 24.9 Å². The molecule has 0 aromatic carbocycles. The Morgan fingerprint density at radius 3 is 2.75 bits per heavy atom. The zero-order valence-electron chi connectivity index (χ0n) is 16.9. The summed E-state index contributed by atoms with van der Waals surface area (Å²) < 4.78 is 7.36. The number of aliphatic imine (C=N–C) groups is 1. The van der Waals surface area contributed by atoms with E-state index in [1.807, 2.05) is 24.7 Å². The minimum absolute atomic E-state index is 0.479. The van der Waals surface area contributed by atoms with E-state index in [2.05, 4.69) is 42.6 Å². The molecule has 1 aliphatic rings. The average molecular weight is 407 g/mol. The van der Waals surface area contributed by atoms with Gasteiger partial charge in [-0.05, 0) is 26.8 Å². The molecule has 0 aliphatic carbocycles. The summed E-state index contributed by atoms with van der Waals surface area (Å²) >= 11 is 1.70. The van der Waals surface area contributed by atoms with Crippen LogP contribution < -0.4 is 10.6 Å². The summed E-state index contributed by atoms with van der Waals surface area (Å²) in [7, 11) is 1.96. The first-order valence-corrected chi connectivity index (χ1v) is 10.5. The summed E-state index contributed by atoms with van der Waals surface area (Å²) in [5.41, 5.74) is 0.